The highest BCUT2D eigenvalue weighted by Crippen LogP contribution is 2.39. The molecule has 0 aliphatic rings. The van der Waals surface area contributed by atoms with Crippen molar-refractivity contribution in [2.24, 2.45) is 0 Å². The number of anilines is 3. The van der Waals surface area contributed by atoms with Gasteiger partial charge in [-0.05, 0) is 36.4 Å². The van der Waals surface area contributed by atoms with E-state index in [0.717, 1.165) is 6.07 Å². The van der Waals surface area contributed by atoms with Crippen molar-refractivity contribution < 1.29 is 13.2 Å². The Kier molecular flexibility index (Phi) is 3.76. The van der Waals surface area contributed by atoms with Crippen molar-refractivity contribution in [2.75, 3.05) is 17.7 Å². The molecule has 21 heavy (non-hydrogen) atoms. The Morgan fingerprint density at radius 1 is 1.14 bits per heavy atom. The first kappa shape index (κ1) is 14.7. The first-order valence-corrected chi connectivity index (χ1v) is 6.03. The molecule has 2 aromatic rings. The quantitative estimate of drug-likeness (QED) is 0.853. The third-order valence-electron chi connectivity index (χ3n) is 3.05. The fourth-order valence-corrected chi connectivity index (χ4v) is 2.00. The van der Waals surface area contributed by atoms with Gasteiger partial charge < -0.3 is 10.6 Å². The van der Waals surface area contributed by atoms with Gasteiger partial charge in [0.1, 0.15) is 0 Å². The molecule has 0 saturated heterocycles. The number of nitrogens with zero attached hydrogens (tertiary/aromatic N) is 2. The van der Waals surface area contributed by atoms with Crippen molar-refractivity contribution in [1.29, 1.82) is 5.26 Å². The van der Waals surface area contributed by atoms with E-state index in [2.05, 4.69) is 0 Å². The number of rotatable bonds is 2. The molecule has 0 bridgehead atoms. The molecule has 0 atom stereocenters. The smallest absolute Gasteiger partial charge is 0.399 e. The lowest BCUT2D eigenvalue weighted by atomic mass is 10.1. The second-order valence-corrected chi connectivity index (χ2v) is 4.50. The summed E-state index contributed by atoms with van der Waals surface area (Å²) in [7, 11) is 1.51. The Balaban J connectivity index is 2.53. The lowest BCUT2D eigenvalue weighted by molar-refractivity contribution is -0.137. The predicted molar refractivity (Wildman–Crippen MR) is 75.1 cm³/mol. The summed E-state index contributed by atoms with van der Waals surface area (Å²) in [5.74, 6) is 0. The largest absolute Gasteiger partial charge is 0.418 e. The molecular formula is C15H12F3N3. The number of hydrogen-bond acceptors (Lipinski definition) is 3. The molecule has 3 nitrogen and oxygen atoms in total. The average molecular weight is 291 g/mol. The van der Waals surface area contributed by atoms with Crippen LogP contribution in [0, 0.1) is 11.3 Å². The molecule has 6 heteroatoms. The van der Waals surface area contributed by atoms with E-state index in [1.165, 1.54) is 30.1 Å². The molecule has 0 radical (unpaired) electrons. The summed E-state index contributed by atoms with van der Waals surface area (Å²) >= 11 is 0. The monoisotopic (exact) mass is 291 g/mol. The van der Waals surface area contributed by atoms with Crippen molar-refractivity contribution in [1.82, 2.24) is 0 Å². The van der Waals surface area contributed by atoms with Gasteiger partial charge in [-0.3, -0.25) is 0 Å². The van der Waals surface area contributed by atoms with Crippen molar-refractivity contribution in [3.8, 4) is 6.07 Å². The van der Waals surface area contributed by atoms with E-state index in [1.54, 1.807) is 18.2 Å². The van der Waals surface area contributed by atoms with Gasteiger partial charge in [0.05, 0.1) is 22.9 Å². The topological polar surface area (TPSA) is 53.0 Å². The fraction of sp³-hybridized carbons (Fsp3) is 0.133. The second kappa shape index (κ2) is 5.37. The van der Waals surface area contributed by atoms with Crippen LogP contribution in [0.1, 0.15) is 11.1 Å². The lowest BCUT2D eigenvalue weighted by Gasteiger charge is -2.24. The Hall–Kier alpha value is -2.68. The van der Waals surface area contributed by atoms with Crippen LogP contribution in [0.5, 0.6) is 0 Å². The van der Waals surface area contributed by atoms with Gasteiger partial charge in [-0.25, -0.2) is 0 Å². The zero-order valence-corrected chi connectivity index (χ0v) is 11.1. The summed E-state index contributed by atoms with van der Waals surface area (Å²) < 4.78 is 39.3. The molecular weight excluding hydrogens is 279 g/mol. The Morgan fingerprint density at radius 2 is 1.86 bits per heavy atom. The van der Waals surface area contributed by atoms with Crippen molar-refractivity contribution in [3.05, 3.63) is 53.6 Å². The third-order valence-corrected chi connectivity index (χ3v) is 3.05. The number of halogens is 3. The van der Waals surface area contributed by atoms with Gasteiger partial charge in [0.25, 0.3) is 0 Å². The molecule has 0 saturated carbocycles. The molecule has 0 unspecified atom stereocenters. The van der Waals surface area contributed by atoms with E-state index in [1.807, 2.05) is 6.07 Å². The molecule has 0 aliphatic carbocycles. The van der Waals surface area contributed by atoms with Crippen LogP contribution >= 0.6 is 0 Å². The minimum absolute atomic E-state index is 0.0215. The van der Waals surface area contributed by atoms with Crippen LogP contribution in [0.15, 0.2) is 42.5 Å². The summed E-state index contributed by atoms with van der Waals surface area (Å²) in [4.78, 5) is 1.38. The van der Waals surface area contributed by atoms with E-state index in [-0.39, 0.29) is 11.4 Å². The molecule has 0 aliphatic heterocycles. The van der Waals surface area contributed by atoms with Crippen LogP contribution in [0.2, 0.25) is 0 Å². The predicted octanol–water partition coefficient (Wildman–Crippen LogP) is 3.93. The molecule has 0 spiro atoms. The van der Waals surface area contributed by atoms with Crippen LogP contribution in [0.25, 0.3) is 0 Å². The highest BCUT2D eigenvalue weighted by atomic mass is 19.4. The maximum absolute atomic E-state index is 13.1. The number of nitriles is 1. The maximum Gasteiger partial charge on any atom is 0.418 e. The normalized spacial score (nSPS) is 11.0. The van der Waals surface area contributed by atoms with Crippen LogP contribution in [0.3, 0.4) is 0 Å². The van der Waals surface area contributed by atoms with Crippen molar-refractivity contribution in [3.63, 3.8) is 0 Å². The van der Waals surface area contributed by atoms with Gasteiger partial charge >= 0.3 is 6.18 Å². The Bertz CT molecular complexity index is 702. The zero-order valence-electron chi connectivity index (χ0n) is 11.1. The summed E-state index contributed by atoms with van der Waals surface area (Å²) in [6.07, 6.45) is -4.51. The Labute approximate surface area is 120 Å². The van der Waals surface area contributed by atoms with Gasteiger partial charge in [0, 0.05) is 18.4 Å². The number of alkyl halides is 3. The number of hydrogen-bond donors (Lipinski definition) is 1. The number of nitrogen functional groups attached to an aromatic ring is 1. The van der Waals surface area contributed by atoms with Gasteiger partial charge in [-0.15, -0.1) is 0 Å². The van der Waals surface area contributed by atoms with E-state index < -0.39 is 11.7 Å². The van der Waals surface area contributed by atoms with E-state index in [4.69, 9.17) is 11.0 Å². The number of benzene rings is 2. The van der Waals surface area contributed by atoms with Gasteiger partial charge in [0.2, 0.25) is 0 Å². The first-order valence-electron chi connectivity index (χ1n) is 6.03. The van der Waals surface area contributed by atoms with Crippen molar-refractivity contribution in [2.45, 2.75) is 6.18 Å². The molecule has 2 N–H and O–H groups in total. The Morgan fingerprint density at radius 3 is 2.48 bits per heavy atom. The standard InChI is InChI=1S/C15H12F3N3/c1-21(12-4-2-3-10(7-12)9-19)14-6-5-11(20)8-13(14)15(16,17)18/h2-8H,20H2,1H3. The molecule has 2 aromatic carbocycles. The minimum atomic E-state index is -4.51. The van der Waals surface area contributed by atoms with Gasteiger partial charge in [0.15, 0.2) is 0 Å². The van der Waals surface area contributed by atoms with E-state index >= 15 is 0 Å². The molecule has 108 valence electrons. The molecule has 0 amide bonds. The fourth-order valence-electron chi connectivity index (χ4n) is 2.00. The summed E-state index contributed by atoms with van der Waals surface area (Å²) in [5, 5.41) is 8.87. The molecule has 0 heterocycles. The zero-order chi connectivity index (χ0) is 15.6. The second-order valence-electron chi connectivity index (χ2n) is 4.50. The molecule has 0 fully saturated rings. The van der Waals surface area contributed by atoms with Crippen LogP contribution in [-0.2, 0) is 6.18 Å². The molecule has 0 aromatic heterocycles. The third kappa shape index (κ3) is 3.08. The lowest BCUT2D eigenvalue weighted by Crippen LogP contribution is -2.17. The number of nitrogens with two attached hydrogens (primary N) is 1. The van der Waals surface area contributed by atoms with E-state index in [0.29, 0.717) is 11.3 Å². The highest BCUT2D eigenvalue weighted by molar-refractivity contribution is 5.69. The van der Waals surface area contributed by atoms with Gasteiger partial charge in [-0.1, -0.05) is 6.07 Å². The highest BCUT2D eigenvalue weighted by Gasteiger charge is 2.34. The van der Waals surface area contributed by atoms with Crippen LogP contribution in [0.4, 0.5) is 30.2 Å². The van der Waals surface area contributed by atoms with Crippen LogP contribution in [-0.4, -0.2) is 7.05 Å². The minimum Gasteiger partial charge on any atom is -0.399 e. The summed E-state index contributed by atoms with van der Waals surface area (Å²) in [6, 6.07) is 12.0. The SMILES string of the molecule is CN(c1cccc(C#N)c1)c1ccc(N)cc1C(F)(F)F. The van der Waals surface area contributed by atoms with Gasteiger partial charge in [-0.2, -0.15) is 18.4 Å². The van der Waals surface area contributed by atoms with Crippen molar-refractivity contribution >= 4 is 17.1 Å². The molecule has 2 rings (SSSR count). The maximum atomic E-state index is 13.1. The first-order chi connectivity index (χ1) is 9.82. The average Bonchev–Trinajstić information content (AvgIpc) is 2.45. The van der Waals surface area contributed by atoms with E-state index in [9.17, 15) is 13.2 Å². The summed E-state index contributed by atoms with van der Waals surface area (Å²) in [6.45, 7) is 0. The van der Waals surface area contributed by atoms with Crippen LogP contribution < -0.4 is 10.6 Å². The summed E-state index contributed by atoms with van der Waals surface area (Å²) in [5.41, 5.74) is 5.53.